The molecule has 3 heteroatoms. The van der Waals surface area contributed by atoms with E-state index in [0.717, 1.165) is 18.2 Å². The molecule has 1 N–H and O–H groups in total. The molecule has 3 nitrogen and oxygen atoms in total. The van der Waals surface area contributed by atoms with Crippen molar-refractivity contribution in [2.75, 3.05) is 11.9 Å². The van der Waals surface area contributed by atoms with E-state index in [4.69, 9.17) is 0 Å². The lowest BCUT2D eigenvalue weighted by molar-refractivity contribution is 0.483. The third-order valence-electron chi connectivity index (χ3n) is 4.05. The quantitative estimate of drug-likeness (QED) is 0.814. The van der Waals surface area contributed by atoms with Gasteiger partial charge in [-0.3, -0.25) is 4.68 Å². The molecule has 0 spiro atoms. The normalized spacial score (nSPS) is 18.1. The van der Waals surface area contributed by atoms with E-state index in [2.05, 4.69) is 24.3 Å². The molecule has 1 heterocycles. The molecular weight excluding hydrogens is 210 g/mol. The Kier molecular flexibility index (Phi) is 4.08. The number of aryl methyl sites for hydroxylation is 2. The molecule has 0 radical (unpaired) electrons. The van der Waals surface area contributed by atoms with Crippen molar-refractivity contribution in [1.82, 2.24) is 9.78 Å². The van der Waals surface area contributed by atoms with Gasteiger partial charge in [-0.1, -0.05) is 25.7 Å². The number of aromatic nitrogens is 2. The van der Waals surface area contributed by atoms with Crippen LogP contribution in [-0.2, 0) is 7.05 Å². The minimum atomic E-state index is 0.858. The minimum absolute atomic E-state index is 0.858. The van der Waals surface area contributed by atoms with Crippen LogP contribution in [0.1, 0.15) is 49.9 Å². The Morgan fingerprint density at radius 3 is 2.35 bits per heavy atom. The lowest BCUT2D eigenvalue weighted by Crippen LogP contribution is -2.14. The van der Waals surface area contributed by atoms with Crippen LogP contribution in [0.4, 0.5) is 5.69 Å². The summed E-state index contributed by atoms with van der Waals surface area (Å²) >= 11 is 0. The maximum absolute atomic E-state index is 4.45. The van der Waals surface area contributed by atoms with Crippen molar-refractivity contribution in [3.8, 4) is 0 Å². The minimum Gasteiger partial charge on any atom is -0.382 e. The largest absolute Gasteiger partial charge is 0.382 e. The Morgan fingerprint density at radius 1 is 1.18 bits per heavy atom. The lowest BCUT2D eigenvalue weighted by atomic mass is 10.0. The monoisotopic (exact) mass is 235 g/mol. The van der Waals surface area contributed by atoms with Crippen LogP contribution in [0.5, 0.6) is 0 Å². The van der Waals surface area contributed by atoms with Crippen molar-refractivity contribution < 1.29 is 0 Å². The topological polar surface area (TPSA) is 29.9 Å². The molecule has 0 atom stereocenters. The summed E-state index contributed by atoms with van der Waals surface area (Å²) in [5, 5.41) is 8.06. The molecule has 0 aromatic carbocycles. The van der Waals surface area contributed by atoms with Gasteiger partial charge in [0, 0.05) is 13.6 Å². The molecule has 96 valence electrons. The molecule has 1 fully saturated rings. The zero-order valence-corrected chi connectivity index (χ0v) is 11.4. The van der Waals surface area contributed by atoms with Crippen molar-refractivity contribution in [3.05, 3.63) is 11.4 Å². The second kappa shape index (κ2) is 5.56. The second-order valence-corrected chi connectivity index (χ2v) is 5.41. The van der Waals surface area contributed by atoms with E-state index in [9.17, 15) is 0 Å². The molecule has 1 aromatic rings. The Hall–Kier alpha value is -0.990. The average molecular weight is 235 g/mol. The molecule has 17 heavy (non-hydrogen) atoms. The maximum atomic E-state index is 4.45. The van der Waals surface area contributed by atoms with Gasteiger partial charge in [0.1, 0.15) is 0 Å². The summed E-state index contributed by atoms with van der Waals surface area (Å²) in [6, 6.07) is 0. The van der Waals surface area contributed by atoms with Crippen LogP contribution in [-0.4, -0.2) is 16.3 Å². The van der Waals surface area contributed by atoms with E-state index in [1.54, 1.807) is 0 Å². The highest BCUT2D eigenvalue weighted by atomic mass is 15.3. The van der Waals surface area contributed by atoms with Gasteiger partial charge < -0.3 is 5.32 Å². The average Bonchev–Trinajstić information content (AvgIpc) is 2.53. The first-order valence-electron chi connectivity index (χ1n) is 6.92. The molecule has 0 saturated heterocycles. The Balaban J connectivity index is 1.92. The highest BCUT2D eigenvalue weighted by Gasteiger charge is 2.14. The summed E-state index contributed by atoms with van der Waals surface area (Å²) in [6.07, 6.45) is 8.48. The summed E-state index contributed by atoms with van der Waals surface area (Å²) < 4.78 is 1.96. The van der Waals surface area contributed by atoms with Gasteiger partial charge in [0.05, 0.1) is 17.1 Å². The number of nitrogens with zero attached hydrogens (tertiary/aromatic N) is 2. The van der Waals surface area contributed by atoms with Crippen molar-refractivity contribution in [2.24, 2.45) is 13.0 Å². The van der Waals surface area contributed by atoms with Crippen LogP contribution < -0.4 is 5.32 Å². The van der Waals surface area contributed by atoms with E-state index in [-0.39, 0.29) is 0 Å². The van der Waals surface area contributed by atoms with Gasteiger partial charge >= 0.3 is 0 Å². The molecule has 0 amide bonds. The smallest absolute Gasteiger partial charge is 0.0827 e. The van der Waals surface area contributed by atoms with Gasteiger partial charge in [0.2, 0.25) is 0 Å². The first-order valence-corrected chi connectivity index (χ1v) is 6.92. The fourth-order valence-corrected chi connectivity index (χ4v) is 2.84. The van der Waals surface area contributed by atoms with Gasteiger partial charge in [-0.2, -0.15) is 5.10 Å². The Labute approximate surface area is 105 Å². The first kappa shape index (κ1) is 12.5. The third kappa shape index (κ3) is 3.02. The van der Waals surface area contributed by atoms with E-state index in [1.165, 1.54) is 49.9 Å². The summed E-state index contributed by atoms with van der Waals surface area (Å²) in [4.78, 5) is 0. The molecule has 0 aliphatic heterocycles. The summed E-state index contributed by atoms with van der Waals surface area (Å²) in [5.74, 6) is 0.858. The Bertz CT molecular complexity index is 360. The summed E-state index contributed by atoms with van der Waals surface area (Å²) in [6.45, 7) is 5.34. The highest BCUT2D eigenvalue weighted by molar-refractivity contribution is 5.51. The molecule has 1 aliphatic rings. The third-order valence-corrected chi connectivity index (χ3v) is 4.05. The number of anilines is 1. The van der Waals surface area contributed by atoms with Crippen LogP contribution in [0.3, 0.4) is 0 Å². The maximum Gasteiger partial charge on any atom is 0.0827 e. The summed E-state index contributed by atoms with van der Waals surface area (Å²) in [5.41, 5.74) is 3.62. The SMILES string of the molecule is Cc1nn(C)c(C)c1NCC1CCCCCC1. The van der Waals surface area contributed by atoms with E-state index in [0.29, 0.717) is 0 Å². The van der Waals surface area contributed by atoms with Crippen molar-refractivity contribution in [3.63, 3.8) is 0 Å². The summed E-state index contributed by atoms with van der Waals surface area (Å²) in [7, 11) is 2.01. The van der Waals surface area contributed by atoms with E-state index < -0.39 is 0 Å². The van der Waals surface area contributed by atoms with Gasteiger partial charge in [0.25, 0.3) is 0 Å². The fourth-order valence-electron chi connectivity index (χ4n) is 2.84. The molecule has 1 aromatic heterocycles. The second-order valence-electron chi connectivity index (χ2n) is 5.41. The van der Waals surface area contributed by atoms with Crippen LogP contribution in [0, 0.1) is 19.8 Å². The van der Waals surface area contributed by atoms with Gasteiger partial charge in [-0.15, -0.1) is 0 Å². The van der Waals surface area contributed by atoms with Crippen molar-refractivity contribution >= 4 is 5.69 Å². The van der Waals surface area contributed by atoms with E-state index in [1.807, 2.05) is 11.7 Å². The van der Waals surface area contributed by atoms with Gasteiger partial charge in [0.15, 0.2) is 0 Å². The molecule has 1 aliphatic carbocycles. The van der Waals surface area contributed by atoms with Crippen LogP contribution in [0.2, 0.25) is 0 Å². The zero-order valence-electron chi connectivity index (χ0n) is 11.4. The Morgan fingerprint density at radius 2 is 1.82 bits per heavy atom. The molecule has 1 saturated carbocycles. The van der Waals surface area contributed by atoms with Crippen LogP contribution in [0.25, 0.3) is 0 Å². The predicted octanol–water partition coefficient (Wildman–Crippen LogP) is 3.42. The first-order chi connectivity index (χ1) is 8.18. The lowest BCUT2D eigenvalue weighted by Gasteiger charge is -2.15. The predicted molar refractivity (Wildman–Crippen MR) is 72.4 cm³/mol. The highest BCUT2D eigenvalue weighted by Crippen LogP contribution is 2.25. The molecule has 0 unspecified atom stereocenters. The van der Waals surface area contributed by atoms with Gasteiger partial charge in [-0.05, 0) is 32.6 Å². The van der Waals surface area contributed by atoms with Crippen molar-refractivity contribution in [1.29, 1.82) is 0 Å². The zero-order chi connectivity index (χ0) is 12.3. The number of rotatable bonds is 3. The number of hydrogen-bond donors (Lipinski definition) is 1. The standard InChI is InChI=1S/C14H25N3/c1-11-14(12(2)17(3)16-11)15-10-13-8-6-4-5-7-9-13/h13,15H,4-10H2,1-3H3. The van der Waals surface area contributed by atoms with Crippen LogP contribution >= 0.6 is 0 Å². The number of nitrogens with one attached hydrogen (secondary N) is 1. The molecule has 0 bridgehead atoms. The number of hydrogen-bond acceptors (Lipinski definition) is 2. The molecular formula is C14H25N3. The van der Waals surface area contributed by atoms with Crippen LogP contribution in [0.15, 0.2) is 0 Å². The fraction of sp³-hybridized carbons (Fsp3) is 0.786. The molecule has 2 rings (SSSR count). The van der Waals surface area contributed by atoms with Crippen molar-refractivity contribution in [2.45, 2.75) is 52.4 Å². The van der Waals surface area contributed by atoms with Gasteiger partial charge in [-0.25, -0.2) is 0 Å². The van der Waals surface area contributed by atoms with E-state index >= 15 is 0 Å².